The Bertz CT molecular complexity index is 775. The molecule has 0 unspecified atom stereocenters. The van der Waals surface area contributed by atoms with Crippen LogP contribution in [0.4, 0.5) is 0 Å². The van der Waals surface area contributed by atoms with Crippen molar-refractivity contribution in [3.8, 4) is 11.4 Å². The molecular weight excluding hydrogens is 240 g/mol. The van der Waals surface area contributed by atoms with Crippen LogP contribution in [0.1, 0.15) is 10.4 Å². The van der Waals surface area contributed by atoms with Gasteiger partial charge in [0.25, 0.3) is 0 Å². The van der Waals surface area contributed by atoms with Gasteiger partial charge in [-0.05, 0) is 24.3 Å². The maximum atomic E-state index is 11.0. The SMILES string of the molecule is Cn1c(-c2cccc(C(=O)O)c2)nc2ccccc21. The molecule has 3 rings (SSSR count). The summed E-state index contributed by atoms with van der Waals surface area (Å²) in [7, 11) is 1.93. The monoisotopic (exact) mass is 252 g/mol. The maximum Gasteiger partial charge on any atom is 0.335 e. The Labute approximate surface area is 109 Å². The molecule has 4 heteroatoms. The van der Waals surface area contributed by atoms with Gasteiger partial charge in [0.1, 0.15) is 5.82 Å². The summed E-state index contributed by atoms with van der Waals surface area (Å²) in [5.74, 6) is -0.162. The minimum absolute atomic E-state index is 0.268. The van der Waals surface area contributed by atoms with Crippen molar-refractivity contribution in [3.05, 3.63) is 54.1 Å². The number of para-hydroxylation sites is 2. The molecule has 0 aliphatic rings. The third-order valence-electron chi connectivity index (χ3n) is 3.15. The fourth-order valence-electron chi connectivity index (χ4n) is 2.20. The Hall–Kier alpha value is -2.62. The molecule has 0 amide bonds. The molecule has 0 saturated carbocycles. The van der Waals surface area contributed by atoms with Crippen LogP contribution in [0.5, 0.6) is 0 Å². The highest BCUT2D eigenvalue weighted by molar-refractivity contribution is 5.89. The van der Waals surface area contributed by atoms with Crippen LogP contribution in [0.3, 0.4) is 0 Å². The fourth-order valence-corrected chi connectivity index (χ4v) is 2.20. The molecule has 1 N–H and O–H groups in total. The summed E-state index contributed by atoms with van der Waals surface area (Å²) in [6, 6.07) is 14.7. The van der Waals surface area contributed by atoms with Gasteiger partial charge < -0.3 is 9.67 Å². The minimum Gasteiger partial charge on any atom is -0.478 e. The molecule has 94 valence electrons. The highest BCUT2D eigenvalue weighted by Gasteiger charge is 2.11. The number of rotatable bonds is 2. The molecule has 1 aromatic heterocycles. The van der Waals surface area contributed by atoms with Crippen LogP contribution in [0, 0.1) is 0 Å². The number of nitrogens with zero attached hydrogens (tertiary/aromatic N) is 2. The van der Waals surface area contributed by atoms with Crippen molar-refractivity contribution in [1.82, 2.24) is 9.55 Å². The summed E-state index contributed by atoms with van der Waals surface area (Å²) in [6.45, 7) is 0. The van der Waals surface area contributed by atoms with Crippen LogP contribution in [0.15, 0.2) is 48.5 Å². The van der Waals surface area contributed by atoms with Gasteiger partial charge in [0.15, 0.2) is 0 Å². The van der Waals surface area contributed by atoms with E-state index >= 15 is 0 Å². The minimum atomic E-state index is -0.930. The molecular formula is C15H12N2O2. The third-order valence-corrected chi connectivity index (χ3v) is 3.15. The Morgan fingerprint density at radius 3 is 2.68 bits per heavy atom. The van der Waals surface area contributed by atoms with Gasteiger partial charge in [-0.1, -0.05) is 24.3 Å². The van der Waals surface area contributed by atoms with E-state index in [0.717, 1.165) is 22.4 Å². The van der Waals surface area contributed by atoms with Crippen LogP contribution < -0.4 is 0 Å². The van der Waals surface area contributed by atoms with Gasteiger partial charge in [-0.2, -0.15) is 0 Å². The zero-order valence-electron chi connectivity index (χ0n) is 10.4. The molecule has 0 atom stereocenters. The van der Waals surface area contributed by atoms with Crippen LogP contribution in [0.2, 0.25) is 0 Å². The summed E-state index contributed by atoms with van der Waals surface area (Å²) in [4.78, 5) is 15.6. The molecule has 1 heterocycles. The molecule has 4 nitrogen and oxygen atoms in total. The summed E-state index contributed by atoms with van der Waals surface area (Å²) in [5, 5.41) is 9.04. The van der Waals surface area contributed by atoms with Gasteiger partial charge in [0, 0.05) is 12.6 Å². The van der Waals surface area contributed by atoms with E-state index in [9.17, 15) is 4.79 Å². The first-order valence-electron chi connectivity index (χ1n) is 5.92. The number of carbonyl (C=O) groups is 1. The number of aryl methyl sites for hydroxylation is 1. The van der Waals surface area contributed by atoms with Crippen LogP contribution in [-0.2, 0) is 7.05 Å². The predicted octanol–water partition coefficient (Wildman–Crippen LogP) is 2.94. The number of hydrogen-bond donors (Lipinski definition) is 1. The van der Waals surface area contributed by atoms with E-state index in [1.165, 1.54) is 0 Å². The molecule has 2 aromatic carbocycles. The average molecular weight is 252 g/mol. The summed E-state index contributed by atoms with van der Waals surface area (Å²) in [5.41, 5.74) is 3.00. The van der Waals surface area contributed by atoms with E-state index in [-0.39, 0.29) is 5.56 Å². The number of hydrogen-bond acceptors (Lipinski definition) is 2. The highest BCUT2D eigenvalue weighted by Crippen LogP contribution is 2.24. The Morgan fingerprint density at radius 1 is 1.16 bits per heavy atom. The lowest BCUT2D eigenvalue weighted by Crippen LogP contribution is -1.98. The average Bonchev–Trinajstić information content (AvgIpc) is 2.77. The van der Waals surface area contributed by atoms with Crippen LogP contribution >= 0.6 is 0 Å². The highest BCUT2D eigenvalue weighted by atomic mass is 16.4. The molecule has 0 aliphatic heterocycles. The maximum absolute atomic E-state index is 11.0. The van der Waals surface area contributed by atoms with Gasteiger partial charge >= 0.3 is 5.97 Å². The van der Waals surface area contributed by atoms with E-state index in [0.29, 0.717) is 0 Å². The standard InChI is InChI=1S/C15H12N2O2/c1-17-13-8-3-2-7-12(13)16-14(17)10-5-4-6-11(9-10)15(18)19/h2-9H,1H3,(H,18,19). The van der Waals surface area contributed by atoms with Gasteiger partial charge in [0.05, 0.1) is 16.6 Å². The fraction of sp³-hybridized carbons (Fsp3) is 0.0667. The predicted molar refractivity (Wildman–Crippen MR) is 73.1 cm³/mol. The summed E-state index contributed by atoms with van der Waals surface area (Å²) < 4.78 is 1.97. The van der Waals surface area contributed by atoms with E-state index in [2.05, 4.69) is 4.98 Å². The zero-order chi connectivity index (χ0) is 13.4. The van der Waals surface area contributed by atoms with Gasteiger partial charge in [-0.15, -0.1) is 0 Å². The first-order valence-corrected chi connectivity index (χ1v) is 5.92. The molecule has 19 heavy (non-hydrogen) atoms. The Kier molecular flexibility index (Phi) is 2.56. The largest absolute Gasteiger partial charge is 0.478 e. The Balaban J connectivity index is 2.21. The lowest BCUT2D eigenvalue weighted by molar-refractivity contribution is 0.0697. The van der Waals surface area contributed by atoms with E-state index in [1.807, 2.05) is 41.9 Å². The Morgan fingerprint density at radius 2 is 1.95 bits per heavy atom. The molecule has 0 saturated heterocycles. The first kappa shape index (κ1) is 11.5. The molecule has 0 aliphatic carbocycles. The topological polar surface area (TPSA) is 55.1 Å². The number of carboxylic acids is 1. The van der Waals surface area contributed by atoms with Crippen molar-refractivity contribution in [3.63, 3.8) is 0 Å². The second-order valence-corrected chi connectivity index (χ2v) is 4.37. The second-order valence-electron chi connectivity index (χ2n) is 4.37. The number of aromatic nitrogens is 2. The number of imidazole rings is 1. The third kappa shape index (κ3) is 1.87. The van der Waals surface area contributed by atoms with Crippen LogP contribution in [0.25, 0.3) is 22.4 Å². The molecule has 0 fully saturated rings. The first-order chi connectivity index (χ1) is 9.16. The molecule has 0 radical (unpaired) electrons. The van der Waals surface area contributed by atoms with Crippen LogP contribution in [-0.4, -0.2) is 20.6 Å². The number of benzene rings is 2. The van der Waals surface area contributed by atoms with Gasteiger partial charge in [0.2, 0.25) is 0 Å². The van der Waals surface area contributed by atoms with E-state index in [4.69, 9.17) is 5.11 Å². The van der Waals surface area contributed by atoms with E-state index in [1.54, 1.807) is 18.2 Å². The smallest absolute Gasteiger partial charge is 0.335 e. The molecule has 0 spiro atoms. The summed E-state index contributed by atoms with van der Waals surface area (Å²) >= 11 is 0. The lowest BCUT2D eigenvalue weighted by atomic mass is 10.1. The lowest BCUT2D eigenvalue weighted by Gasteiger charge is -2.03. The van der Waals surface area contributed by atoms with Crippen molar-refractivity contribution < 1.29 is 9.90 Å². The van der Waals surface area contributed by atoms with Gasteiger partial charge in [-0.25, -0.2) is 9.78 Å². The van der Waals surface area contributed by atoms with Gasteiger partial charge in [-0.3, -0.25) is 0 Å². The number of aromatic carboxylic acids is 1. The zero-order valence-corrected chi connectivity index (χ0v) is 10.4. The second kappa shape index (κ2) is 4.24. The van der Waals surface area contributed by atoms with Crippen molar-refractivity contribution in [2.75, 3.05) is 0 Å². The van der Waals surface area contributed by atoms with Crippen molar-refractivity contribution >= 4 is 17.0 Å². The normalized spacial score (nSPS) is 10.8. The quantitative estimate of drug-likeness (QED) is 0.763. The number of carboxylic acid groups (broad SMARTS) is 1. The molecule has 3 aromatic rings. The van der Waals surface area contributed by atoms with Crippen molar-refractivity contribution in [1.29, 1.82) is 0 Å². The molecule has 0 bridgehead atoms. The summed E-state index contributed by atoms with van der Waals surface area (Å²) in [6.07, 6.45) is 0. The van der Waals surface area contributed by atoms with E-state index < -0.39 is 5.97 Å². The number of fused-ring (bicyclic) bond motifs is 1. The van der Waals surface area contributed by atoms with Crippen molar-refractivity contribution in [2.24, 2.45) is 7.05 Å². The van der Waals surface area contributed by atoms with Crippen molar-refractivity contribution in [2.45, 2.75) is 0 Å².